The Labute approximate surface area is 669 Å². The largest absolute Gasteiger partial charge is 0.344 e. The SMILES string of the molecule is C.CCc1ccc(-c2ccc(CCCCCP(C)(=O)O)nc2-c2ccncc2)cc1.CCc1ccc(-c2ccc(CCCCP(=O)(O)O)nc2-c2ccccc2)cc1.CCc1ccc(-c2ccc(CCCCP(C)(=O)O)nc2-c2ccncc2)cc1.O=P(O)(O)CCCCCc1ccc(-c2ccccc2)c(-c2ccccc2)n1. The van der Waals surface area contributed by atoms with E-state index in [1.807, 2.05) is 84.9 Å². The summed E-state index contributed by atoms with van der Waals surface area (Å²) in [6, 6.07) is 81.1. The molecule has 0 fully saturated rings. The fraction of sp³-hybridized carbons (Fsp3) is 0.290. The van der Waals surface area contributed by atoms with Crippen LogP contribution in [0.25, 0.3) is 89.5 Å². The molecule has 0 aliphatic carbocycles. The molecule has 0 aliphatic rings. The van der Waals surface area contributed by atoms with Crippen molar-refractivity contribution in [2.24, 2.45) is 0 Å². The first-order valence-electron chi connectivity index (χ1n) is 38.8. The van der Waals surface area contributed by atoms with E-state index < -0.39 is 29.9 Å². The molecule has 2 atom stereocenters. The average Bonchev–Trinajstić information content (AvgIpc) is 0.831. The molecule has 113 heavy (non-hydrogen) atoms. The summed E-state index contributed by atoms with van der Waals surface area (Å²) in [6.07, 6.45) is 21.7. The smallest absolute Gasteiger partial charge is 0.325 e. The van der Waals surface area contributed by atoms with Crippen molar-refractivity contribution >= 4 is 29.9 Å². The highest BCUT2D eigenvalue weighted by Crippen LogP contribution is 2.41. The number of pyridine rings is 6. The Kier molecular flexibility index (Phi) is 35.7. The molecule has 16 nitrogen and oxygen atoms in total. The zero-order valence-electron chi connectivity index (χ0n) is 65.0. The molecule has 0 saturated heterocycles. The fourth-order valence-corrected chi connectivity index (χ4v) is 15.9. The summed E-state index contributed by atoms with van der Waals surface area (Å²) in [7, 11) is -13.6. The van der Waals surface area contributed by atoms with Gasteiger partial charge in [0.15, 0.2) is 14.7 Å². The van der Waals surface area contributed by atoms with Gasteiger partial charge in [-0.1, -0.05) is 229 Å². The molecule has 2 unspecified atom stereocenters. The topological polar surface area (TPSA) is 267 Å². The number of hydrogen-bond acceptors (Lipinski definition) is 10. The van der Waals surface area contributed by atoms with E-state index in [9.17, 15) is 28.0 Å². The quantitative estimate of drug-likeness (QED) is 0.0165. The summed E-state index contributed by atoms with van der Waals surface area (Å²) in [6.45, 7) is 9.31. The van der Waals surface area contributed by atoms with Gasteiger partial charge in [-0.25, -0.2) is 0 Å². The lowest BCUT2D eigenvalue weighted by Gasteiger charge is -2.12. The van der Waals surface area contributed by atoms with Crippen molar-refractivity contribution in [3.05, 3.63) is 301 Å². The molecule has 0 amide bonds. The second kappa shape index (κ2) is 45.1. The summed E-state index contributed by atoms with van der Waals surface area (Å²) in [4.78, 5) is 82.7. The number of hydrogen-bond donors (Lipinski definition) is 6. The second-order valence-electron chi connectivity index (χ2n) is 28.4. The molecule has 0 bridgehead atoms. The van der Waals surface area contributed by atoms with Gasteiger partial charge in [0.05, 0.1) is 22.8 Å². The minimum Gasteiger partial charge on any atom is -0.344 e. The van der Waals surface area contributed by atoms with E-state index in [0.29, 0.717) is 38.0 Å². The van der Waals surface area contributed by atoms with E-state index in [0.717, 1.165) is 196 Å². The maximum Gasteiger partial charge on any atom is 0.325 e. The predicted octanol–water partition coefficient (Wildman–Crippen LogP) is 23.0. The standard InChI is InChI=1S/C24H29N2O2P.C23H27N2O2P.C23H26NO3P.C22H24NO3P.CH4/c1-3-19-8-10-20(11-9-19)23-13-12-22(7-5-4-6-18-29(2,27)28)26-24(23)21-14-16-25-17-15-21;1-3-18-7-9-19(10-8-18)22-12-11-21(6-4-5-17-28(2,26)27)25-23(22)20-13-15-24-16-14-20;1-2-18-11-13-19(14-12-18)22-16-15-21(10-6-7-17-28(25,26)27)24-23(22)20-8-4-3-5-9-20;24-27(25,26)17-9-3-8-14-20-15-16-21(18-10-4-1-5-11-18)22(23-20)19-12-6-2-7-13-19;/h8-17H,3-7,18H2,1-2H3,(H,27,28);7-16H,3-6,17H2,1-2H3,(H,26,27);3-5,8-9,11-16H,2,6-7,10,17H2,1H3,(H2,25,26,27);1-2,4-7,10-13,15-16H,3,8-9,14,17H2,(H2,24,25,26);1H4. The number of nitrogens with zero attached hydrogens (tertiary/aromatic N) is 6. The fourth-order valence-electron chi connectivity index (χ4n) is 13.0. The van der Waals surface area contributed by atoms with Crippen LogP contribution in [0, 0.1) is 0 Å². The minimum atomic E-state index is -3.92. The Hall–Kier alpha value is -9.10. The van der Waals surface area contributed by atoms with Gasteiger partial charge in [0, 0.05) is 130 Å². The van der Waals surface area contributed by atoms with Gasteiger partial charge in [-0.05, 0) is 184 Å². The van der Waals surface area contributed by atoms with Crippen LogP contribution in [0.3, 0.4) is 0 Å². The lowest BCUT2D eigenvalue weighted by Crippen LogP contribution is -1.97. The zero-order chi connectivity index (χ0) is 79.8. The molecule has 6 N–H and O–H groups in total. The van der Waals surface area contributed by atoms with Crippen molar-refractivity contribution < 1.29 is 47.6 Å². The molecular weight excluding hydrogens is 1480 g/mol. The summed E-state index contributed by atoms with van der Waals surface area (Å²) in [5.74, 6) is 0. The zero-order valence-corrected chi connectivity index (χ0v) is 68.5. The van der Waals surface area contributed by atoms with E-state index in [-0.39, 0.29) is 19.8 Å². The van der Waals surface area contributed by atoms with Crippen LogP contribution in [0.4, 0.5) is 0 Å². The van der Waals surface area contributed by atoms with Gasteiger partial charge in [-0.3, -0.25) is 48.2 Å². The molecule has 592 valence electrons. The number of aromatic nitrogens is 6. The molecule has 0 spiro atoms. The van der Waals surface area contributed by atoms with E-state index in [4.69, 9.17) is 39.5 Å². The van der Waals surface area contributed by atoms with Crippen LogP contribution >= 0.6 is 29.9 Å². The van der Waals surface area contributed by atoms with Crippen LogP contribution in [0.5, 0.6) is 0 Å². The molecule has 6 aromatic heterocycles. The van der Waals surface area contributed by atoms with Gasteiger partial charge in [0.1, 0.15) is 0 Å². The molecule has 0 aliphatic heterocycles. The average molecular weight is 1600 g/mol. The first-order valence-corrected chi connectivity index (χ1v) is 47.0. The Bertz CT molecular complexity index is 4890. The van der Waals surface area contributed by atoms with E-state index >= 15 is 0 Å². The van der Waals surface area contributed by atoms with Gasteiger partial charge in [0.2, 0.25) is 0 Å². The molecule has 12 rings (SSSR count). The van der Waals surface area contributed by atoms with Crippen molar-refractivity contribution in [2.75, 3.05) is 38.0 Å². The summed E-state index contributed by atoms with van der Waals surface area (Å²) in [5.41, 5.74) is 25.0. The number of benzene rings is 6. The third-order valence-corrected chi connectivity index (χ3v) is 23.3. The Morgan fingerprint density at radius 2 is 0.487 bits per heavy atom. The summed E-state index contributed by atoms with van der Waals surface area (Å²) < 4.78 is 44.8. The van der Waals surface area contributed by atoms with Crippen LogP contribution in [-0.2, 0) is 63.2 Å². The highest BCUT2D eigenvalue weighted by molar-refractivity contribution is 7.57. The van der Waals surface area contributed by atoms with Gasteiger partial charge >= 0.3 is 15.2 Å². The minimum absolute atomic E-state index is 0. The molecule has 6 aromatic carbocycles. The van der Waals surface area contributed by atoms with E-state index in [2.05, 4.69) is 182 Å². The van der Waals surface area contributed by atoms with Gasteiger partial charge in [-0.15, -0.1) is 0 Å². The number of unbranched alkanes of at least 4 members (excludes halogenated alkanes) is 6. The third kappa shape index (κ3) is 30.6. The highest BCUT2D eigenvalue weighted by atomic mass is 31.2. The Morgan fingerprint density at radius 1 is 0.257 bits per heavy atom. The van der Waals surface area contributed by atoms with E-state index in [1.165, 1.54) is 30.0 Å². The van der Waals surface area contributed by atoms with Crippen molar-refractivity contribution in [3.63, 3.8) is 0 Å². The molecule has 20 heteroatoms. The van der Waals surface area contributed by atoms with Gasteiger partial charge in [-0.2, -0.15) is 0 Å². The second-order valence-corrected chi connectivity index (χ2v) is 37.0. The van der Waals surface area contributed by atoms with Crippen LogP contribution in [-0.4, -0.2) is 97.2 Å². The molecular formula is C93H110N6O10P4. The molecule has 12 aromatic rings. The Morgan fingerprint density at radius 3 is 0.752 bits per heavy atom. The molecule has 6 heterocycles. The van der Waals surface area contributed by atoms with Gasteiger partial charge < -0.3 is 29.4 Å². The third-order valence-electron chi connectivity index (χ3n) is 19.2. The van der Waals surface area contributed by atoms with Crippen LogP contribution in [0.1, 0.15) is 132 Å². The number of aryl methyl sites for hydroxylation is 7. The maximum atomic E-state index is 11.4. The number of rotatable bonds is 33. The van der Waals surface area contributed by atoms with Gasteiger partial charge in [0.25, 0.3) is 0 Å². The molecule has 0 saturated carbocycles. The van der Waals surface area contributed by atoms with Crippen LogP contribution in [0.15, 0.2) is 261 Å². The van der Waals surface area contributed by atoms with Crippen molar-refractivity contribution in [1.82, 2.24) is 29.9 Å². The summed E-state index contributed by atoms with van der Waals surface area (Å²) in [5, 5.41) is 0. The maximum absolute atomic E-state index is 11.4. The van der Waals surface area contributed by atoms with Crippen LogP contribution < -0.4 is 0 Å². The lowest BCUT2D eigenvalue weighted by molar-refractivity contribution is 0.368. The van der Waals surface area contributed by atoms with Crippen molar-refractivity contribution in [2.45, 2.75) is 137 Å². The lowest BCUT2D eigenvalue weighted by atomic mass is 9.97. The van der Waals surface area contributed by atoms with E-state index in [1.54, 1.807) is 24.8 Å². The molecule has 0 radical (unpaired) electrons. The predicted molar refractivity (Wildman–Crippen MR) is 467 cm³/mol. The summed E-state index contributed by atoms with van der Waals surface area (Å²) >= 11 is 0. The van der Waals surface area contributed by atoms with Crippen molar-refractivity contribution in [3.8, 4) is 89.5 Å². The Balaban J connectivity index is 0.000000188. The first-order chi connectivity index (χ1) is 53.9. The van der Waals surface area contributed by atoms with Crippen LogP contribution in [0.2, 0.25) is 0 Å². The first kappa shape index (κ1) is 89.5. The highest BCUT2D eigenvalue weighted by Gasteiger charge is 2.19. The normalized spacial score (nSPS) is 12.3. The monoisotopic (exact) mass is 1590 g/mol. The van der Waals surface area contributed by atoms with Crippen molar-refractivity contribution in [1.29, 1.82) is 0 Å².